The Balaban J connectivity index is 3.18. The summed E-state index contributed by atoms with van der Waals surface area (Å²) in [7, 11) is 0. The van der Waals surface area contributed by atoms with Crippen molar-refractivity contribution in [1.82, 2.24) is 26.6 Å². The van der Waals surface area contributed by atoms with Gasteiger partial charge in [-0.1, -0.05) is 48.0 Å². The van der Waals surface area contributed by atoms with Crippen LogP contribution in [-0.4, -0.2) is 80.3 Å². The monoisotopic (exact) mass is 594 g/mol. The third-order valence-electron chi connectivity index (χ3n) is 7.69. The van der Waals surface area contributed by atoms with Crippen molar-refractivity contribution in [2.24, 2.45) is 33.7 Å². The topological polar surface area (TPSA) is 193 Å². The molecule has 0 radical (unpaired) electrons. The fraction of sp³-hybridized carbons (Fsp3) is 0.833. The number of urea groups is 1. The molecule has 2 unspecified atom stereocenters. The number of likely N-dealkylation sites (N-methyl/N-ethyl adjacent to an activating group) is 1. The van der Waals surface area contributed by atoms with Crippen LogP contribution in [0.4, 0.5) is 4.79 Å². The number of hydrogen-bond acceptors (Lipinski definition) is 7. The molecule has 0 saturated carbocycles. The molecule has 42 heavy (non-hydrogen) atoms. The van der Waals surface area contributed by atoms with Gasteiger partial charge >= 0.3 is 6.03 Å². The van der Waals surface area contributed by atoms with Crippen molar-refractivity contribution in [2.75, 3.05) is 32.7 Å². The minimum Gasteiger partial charge on any atom is -0.370 e. The van der Waals surface area contributed by atoms with Gasteiger partial charge in [0.2, 0.25) is 5.91 Å². The van der Waals surface area contributed by atoms with Crippen molar-refractivity contribution in [2.45, 2.75) is 111 Å². The number of ketones is 2. The summed E-state index contributed by atoms with van der Waals surface area (Å²) in [6, 6.07) is -1.98. The number of guanidine groups is 1. The molecule has 0 bridgehead atoms. The molecule has 1 heterocycles. The zero-order valence-electron chi connectivity index (χ0n) is 26.8. The van der Waals surface area contributed by atoms with E-state index in [1.807, 2.05) is 20.8 Å². The predicted octanol–water partition coefficient (Wildman–Crippen LogP) is 1.57. The van der Waals surface area contributed by atoms with Crippen LogP contribution in [0.1, 0.15) is 92.9 Å². The van der Waals surface area contributed by atoms with E-state index < -0.39 is 18.1 Å². The number of carbonyl (C=O) groups is 4. The van der Waals surface area contributed by atoms with E-state index in [2.05, 4.69) is 52.3 Å². The number of aliphatic imine (C=N–C) groups is 1. The van der Waals surface area contributed by atoms with Gasteiger partial charge in [0.05, 0.1) is 24.7 Å². The maximum Gasteiger partial charge on any atom is 0.315 e. The molecule has 0 aromatic heterocycles. The molecule has 0 aromatic carbocycles. The molecule has 9 N–H and O–H groups in total. The number of Topliss-reactive ketones (excluding diaryl/α,β-unsaturated/α-hetero) is 2. The van der Waals surface area contributed by atoms with E-state index in [0.717, 1.165) is 19.3 Å². The van der Waals surface area contributed by atoms with Crippen LogP contribution in [0.5, 0.6) is 0 Å². The Hall–Kier alpha value is -2.73. The van der Waals surface area contributed by atoms with E-state index in [1.165, 1.54) is 0 Å². The van der Waals surface area contributed by atoms with Crippen LogP contribution in [0.25, 0.3) is 0 Å². The van der Waals surface area contributed by atoms with Crippen LogP contribution in [0.3, 0.4) is 0 Å². The van der Waals surface area contributed by atoms with Crippen LogP contribution in [-0.2, 0) is 14.4 Å². The molecule has 1 rings (SSSR count). The zero-order chi connectivity index (χ0) is 31.7. The third kappa shape index (κ3) is 14.4. The maximum atomic E-state index is 14.0. The lowest BCUT2D eigenvalue weighted by molar-refractivity contribution is -0.129. The van der Waals surface area contributed by atoms with E-state index in [1.54, 1.807) is 0 Å². The third-order valence-corrected chi connectivity index (χ3v) is 7.69. The SMILES string of the molecule is CCNC1CCCCNC(=O)N[C@@H](C(C)C)C(=O)CN[C@@H](CCCN=C(N)N)C(=O)C(C(C)(C)C)CCCCNC1=O. The average molecular weight is 595 g/mol. The molecule has 1 fully saturated rings. The van der Waals surface area contributed by atoms with Gasteiger partial charge in [0.15, 0.2) is 17.5 Å². The highest BCUT2D eigenvalue weighted by molar-refractivity contribution is 5.91. The van der Waals surface area contributed by atoms with Crippen molar-refractivity contribution >= 4 is 29.5 Å². The number of carbonyl (C=O) groups excluding carboxylic acids is 4. The van der Waals surface area contributed by atoms with Gasteiger partial charge in [-0.3, -0.25) is 19.4 Å². The largest absolute Gasteiger partial charge is 0.370 e. The first-order valence-corrected chi connectivity index (χ1v) is 15.7. The summed E-state index contributed by atoms with van der Waals surface area (Å²) >= 11 is 0. The van der Waals surface area contributed by atoms with Crippen molar-refractivity contribution < 1.29 is 19.2 Å². The summed E-state index contributed by atoms with van der Waals surface area (Å²) in [5.41, 5.74) is 10.6. The highest BCUT2D eigenvalue weighted by atomic mass is 16.2. The van der Waals surface area contributed by atoms with E-state index in [9.17, 15) is 19.2 Å². The maximum absolute atomic E-state index is 14.0. The Labute approximate surface area is 252 Å². The van der Waals surface area contributed by atoms with Gasteiger partial charge in [-0.25, -0.2) is 4.79 Å². The van der Waals surface area contributed by atoms with E-state index in [0.29, 0.717) is 58.3 Å². The molecule has 242 valence electrons. The fourth-order valence-corrected chi connectivity index (χ4v) is 5.29. The summed E-state index contributed by atoms with van der Waals surface area (Å²) in [6.07, 6.45) is 5.39. The normalized spacial score (nSPS) is 25.1. The van der Waals surface area contributed by atoms with Crippen molar-refractivity contribution in [3.05, 3.63) is 0 Å². The molecule has 3 amide bonds. The molecule has 1 aliphatic heterocycles. The first-order chi connectivity index (χ1) is 19.8. The standard InChI is InChI=1S/C30H58N8O4/c1-7-33-23-14-9-11-17-36-29(42)38-25(20(2)3)24(39)19-37-22(15-12-18-35-28(31)32)26(40)21(30(4,5)6)13-8-10-16-34-27(23)41/h20-23,25,33,37H,7-19H2,1-6H3,(H,34,41)(H4,31,32,35)(H2,36,38,42)/t21?,22-,23?,25-/m0/s1. The van der Waals surface area contributed by atoms with E-state index in [-0.39, 0.29) is 53.3 Å². The van der Waals surface area contributed by atoms with Crippen LogP contribution in [0.15, 0.2) is 4.99 Å². The number of nitrogens with one attached hydrogen (secondary N) is 5. The second-order valence-corrected chi connectivity index (χ2v) is 12.7. The minimum atomic E-state index is -0.704. The van der Waals surface area contributed by atoms with Crippen LogP contribution < -0.4 is 38.1 Å². The highest BCUT2D eigenvalue weighted by Gasteiger charge is 2.35. The van der Waals surface area contributed by atoms with Gasteiger partial charge < -0.3 is 38.1 Å². The quantitative estimate of drug-likeness (QED) is 0.131. The van der Waals surface area contributed by atoms with Gasteiger partial charge in [-0.15, -0.1) is 0 Å². The first-order valence-electron chi connectivity index (χ1n) is 15.7. The van der Waals surface area contributed by atoms with Crippen molar-refractivity contribution in [3.8, 4) is 0 Å². The predicted molar refractivity (Wildman–Crippen MR) is 168 cm³/mol. The molecule has 1 saturated heterocycles. The fourth-order valence-electron chi connectivity index (χ4n) is 5.29. The Kier molecular flexibility index (Phi) is 17.3. The summed E-state index contributed by atoms with van der Waals surface area (Å²) < 4.78 is 0. The lowest BCUT2D eigenvalue weighted by Crippen LogP contribution is -2.53. The van der Waals surface area contributed by atoms with Gasteiger partial charge in [0, 0.05) is 25.6 Å². The molecule has 0 spiro atoms. The second-order valence-electron chi connectivity index (χ2n) is 12.7. The van der Waals surface area contributed by atoms with Gasteiger partial charge in [0.1, 0.15) is 0 Å². The molecule has 4 atom stereocenters. The number of nitrogens with two attached hydrogens (primary N) is 2. The van der Waals surface area contributed by atoms with Crippen LogP contribution >= 0.6 is 0 Å². The zero-order valence-corrected chi connectivity index (χ0v) is 26.8. The van der Waals surface area contributed by atoms with Crippen molar-refractivity contribution in [3.63, 3.8) is 0 Å². The lowest BCUT2D eigenvalue weighted by Gasteiger charge is -2.33. The summed E-state index contributed by atoms with van der Waals surface area (Å²) in [6.45, 7) is 13.9. The molecule has 1 aliphatic rings. The summed E-state index contributed by atoms with van der Waals surface area (Å²) in [5, 5.41) is 15.1. The van der Waals surface area contributed by atoms with Gasteiger partial charge in [0.25, 0.3) is 0 Å². The number of hydrogen-bond donors (Lipinski definition) is 7. The first kappa shape index (κ1) is 37.3. The summed E-state index contributed by atoms with van der Waals surface area (Å²) in [5.74, 6) is -0.550. The number of amides is 3. The van der Waals surface area contributed by atoms with E-state index >= 15 is 0 Å². The molecule has 0 aliphatic carbocycles. The van der Waals surface area contributed by atoms with E-state index in [4.69, 9.17) is 11.5 Å². The Bertz CT molecular complexity index is 883. The number of nitrogens with zero attached hydrogens (tertiary/aromatic N) is 1. The van der Waals surface area contributed by atoms with Gasteiger partial charge in [-0.05, 0) is 62.8 Å². The highest BCUT2D eigenvalue weighted by Crippen LogP contribution is 2.32. The molecular weight excluding hydrogens is 536 g/mol. The van der Waals surface area contributed by atoms with Crippen LogP contribution in [0, 0.1) is 17.3 Å². The average Bonchev–Trinajstić information content (AvgIpc) is 2.90. The number of rotatable bonds is 7. The Morgan fingerprint density at radius 3 is 2.24 bits per heavy atom. The Morgan fingerprint density at radius 1 is 1.00 bits per heavy atom. The minimum absolute atomic E-state index is 0.00282. The second kappa shape index (κ2) is 19.5. The molecule has 0 aromatic rings. The molecular formula is C30H58N8O4. The molecule has 12 nitrogen and oxygen atoms in total. The summed E-state index contributed by atoms with van der Waals surface area (Å²) in [4.78, 5) is 56.7. The smallest absolute Gasteiger partial charge is 0.315 e. The van der Waals surface area contributed by atoms with Crippen LogP contribution in [0.2, 0.25) is 0 Å². The molecule has 12 heteroatoms. The lowest BCUT2D eigenvalue weighted by atomic mass is 9.73. The Morgan fingerprint density at radius 2 is 1.64 bits per heavy atom. The van der Waals surface area contributed by atoms with Gasteiger partial charge in [-0.2, -0.15) is 0 Å². The van der Waals surface area contributed by atoms with Crippen molar-refractivity contribution in [1.29, 1.82) is 0 Å².